The van der Waals surface area contributed by atoms with E-state index in [1.165, 1.54) is 25.7 Å². The van der Waals surface area contributed by atoms with Crippen molar-refractivity contribution in [1.82, 2.24) is 4.98 Å². The first-order valence-corrected chi connectivity index (χ1v) is 6.00. The van der Waals surface area contributed by atoms with Gasteiger partial charge in [-0.3, -0.25) is 0 Å². The summed E-state index contributed by atoms with van der Waals surface area (Å²) in [5, 5.41) is 9.31. The molecule has 1 fully saturated rings. The highest BCUT2D eigenvalue weighted by Gasteiger charge is 2.12. The molecule has 16 heavy (non-hydrogen) atoms. The summed E-state index contributed by atoms with van der Waals surface area (Å²) < 4.78 is 0. The van der Waals surface area contributed by atoms with Gasteiger partial charge in [0.15, 0.2) is 5.69 Å². The Morgan fingerprint density at radius 2 is 1.88 bits per heavy atom. The first-order chi connectivity index (χ1) is 7.81. The normalized spacial score (nSPS) is 16.6. The van der Waals surface area contributed by atoms with Crippen LogP contribution in [0.2, 0.25) is 5.02 Å². The van der Waals surface area contributed by atoms with Crippen molar-refractivity contribution in [3.8, 4) is 6.07 Å². The van der Waals surface area contributed by atoms with E-state index in [2.05, 4.69) is 9.88 Å². The van der Waals surface area contributed by atoms with Gasteiger partial charge in [-0.05, 0) is 25.0 Å². The summed E-state index contributed by atoms with van der Waals surface area (Å²) >= 11 is 5.86. The van der Waals surface area contributed by atoms with Crippen LogP contribution in [0.3, 0.4) is 0 Å². The van der Waals surface area contributed by atoms with Crippen LogP contribution in [0.1, 0.15) is 31.4 Å². The van der Waals surface area contributed by atoms with E-state index in [0.29, 0.717) is 10.7 Å². The van der Waals surface area contributed by atoms with Gasteiger partial charge in [-0.1, -0.05) is 24.4 Å². The Bertz CT molecular complexity index is 403. The van der Waals surface area contributed by atoms with E-state index in [4.69, 9.17) is 16.9 Å². The summed E-state index contributed by atoms with van der Waals surface area (Å²) in [4.78, 5) is 6.53. The summed E-state index contributed by atoms with van der Waals surface area (Å²) in [5.41, 5.74) is 0.323. The van der Waals surface area contributed by atoms with Gasteiger partial charge in [0.2, 0.25) is 0 Å². The number of nitriles is 1. The average molecular weight is 236 g/mol. The van der Waals surface area contributed by atoms with Crippen molar-refractivity contribution in [3.63, 3.8) is 0 Å². The van der Waals surface area contributed by atoms with Crippen molar-refractivity contribution in [1.29, 1.82) is 5.26 Å². The molecule has 0 radical (unpaired) electrons. The maximum atomic E-state index is 8.88. The Labute approximate surface area is 101 Å². The smallest absolute Gasteiger partial charge is 0.161 e. The molecule has 0 atom stereocenters. The zero-order chi connectivity index (χ0) is 11.4. The summed E-state index contributed by atoms with van der Waals surface area (Å²) in [6.45, 7) is 2.05. The first kappa shape index (κ1) is 11.2. The lowest BCUT2D eigenvalue weighted by Gasteiger charge is -2.21. The molecule has 1 aromatic rings. The van der Waals surface area contributed by atoms with Crippen LogP contribution < -0.4 is 4.90 Å². The molecule has 3 nitrogen and oxygen atoms in total. The van der Waals surface area contributed by atoms with E-state index in [1.807, 2.05) is 12.1 Å². The Morgan fingerprint density at radius 1 is 1.19 bits per heavy atom. The number of halogens is 1. The van der Waals surface area contributed by atoms with Crippen molar-refractivity contribution in [2.75, 3.05) is 18.0 Å². The van der Waals surface area contributed by atoms with Crippen LogP contribution in [0.4, 0.5) is 5.82 Å². The molecule has 1 aliphatic rings. The number of hydrogen-bond donors (Lipinski definition) is 0. The molecule has 1 saturated heterocycles. The van der Waals surface area contributed by atoms with Gasteiger partial charge in [0.05, 0.1) is 5.02 Å². The van der Waals surface area contributed by atoms with Crippen molar-refractivity contribution in [3.05, 3.63) is 22.8 Å². The van der Waals surface area contributed by atoms with Gasteiger partial charge in [0.1, 0.15) is 11.9 Å². The van der Waals surface area contributed by atoms with Gasteiger partial charge < -0.3 is 4.90 Å². The van der Waals surface area contributed by atoms with E-state index in [9.17, 15) is 0 Å². The Hall–Kier alpha value is -1.27. The van der Waals surface area contributed by atoms with Crippen LogP contribution in [-0.2, 0) is 0 Å². The molecule has 0 spiro atoms. The number of nitrogens with zero attached hydrogens (tertiary/aromatic N) is 3. The largest absolute Gasteiger partial charge is 0.357 e. The van der Waals surface area contributed by atoms with Crippen LogP contribution in [0.5, 0.6) is 0 Å². The van der Waals surface area contributed by atoms with Gasteiger partial charge in [0.25, 0.3) is 0 Å². The Morgan fingerprint density at radius 3 is 2.50 bits per heavy atom. The molecule has 1 aromatic heterocycles. The van der Waals surface area contributed by atoms with Gasteiger partial charge >= 0.3 is 0 Å². The van der Waals surface area contributed by atoms with E-state index in [-0.39, 0.29) is 0 Å². The Kier molecular flexibility index (Phi) is 3.63. The predicted octanol–water partition coefficient (Wildman–Crippen LogP) is 2.99. The second-order valence-electron chi connectivity index (χ2n) is 4.01. The molecule has 0 aromatic carbocycles. The molecule has 0 bridgehead atoms. The monoisotopic (exact) mass is 235 g/mol. The lowest BCUT2D eigenvalue weighted by atomic mass is 10.2. The number of rotatable bonds is 1. The van der Waals surface area contributed by atoms with Crippen LogP contribution in [0.25, 0.3) is 0 Å². The topological polar surface area (TPSA) is 39.9 Å². The molecule has 0 aliphatic carbocycles. The van der Waals surface area contributed by atoms with Crippen LogP contribution in [-0.4, -0.2) is 18.1 Å². The van der Waals surface area contributed by atoms with E-state index >= 15 is 0 Å². The fraction of sp³-hybridized carbons (Fsp3) is 0.500. The second kappa shape index (κ2) is 5.18. The third-order valence-corrected chi connectivity index (χ3v) is 3.17. The number of anilines is 1. The maximum absolute atomic E-state index is 8.88. The van der Waals surface area contributed by atoms with E-state index in [1.54, 1.807) is 6.07 Å². The molecule has 84 valence electrons. The summed E-state index contributed by atoms with van der Waals surface area (Å²) in [6, 6.07) is 5.68. The van der Waals surface area contributed by atoms with E-state index in [0.717, 1.165) is 18.9 Å². The second-order valence-corrected chi connectivity index (χ2v) is 4.42. The third-order valence-electron chi connectivity index (χ3n) is 2.87. The molecule has 2 heterocycles. The van der Waals surface area contributed by atoms with Crippen LogP contribution in [0, 0.1) is 11.3 Å². The first-order valence-electron chi connectivity index (χ1n) is 5.63. The molecule has 0 saturated carbocycles. The molecular weight excluding hydrogens is 222 g/mol. The summed E-state index contributed by atoms with van der Waals surface area (Å²) in [7, 11) is 0. The fourth-order valence-electron chi connectivity index (χ4n) is 1.99. The summed E-state index contributed by atoms with van der Waals surface area (Å²) in [5.74, 6) is 0.878. The molecule has 0 N–H and O–H groups in total. The average Bonchev–Trinajstić information content (AvgIpc) is 2.58. The highest BCUT2D eigenvalue weighted by Crippen LogP contribution is 2.21. The van der Waals surface area contributed by atoms with Crippen molar-refractivity contribution in [2.24, 2.45) is 0 Å². The molecule has 1 aliphatic heterocycles. The van der Waals surface area contributed by atoms with Gasteiger partial charge in [-0.15, -0.1) is 0 Å². The quantitative estimate of drug-likeness (QED) is 0.751. The minimum Gasteiger partial charge on any atom is -0.357 e. The summed E-state index contributed by atoms with van der Waals surface area (Å²) in [6.07, 6.45) is 4.97. The number of pyridine rings is 1. The zero-order valence-corrected chi connectivity index (χ0v) is 9.87. The van der Waals surface area contributed by atoms with Crippen LogP contribution >= 0.6 is 11.6 Å². The lowest BCUT2D eigenvalue weighted by molar-refractivity contribution is 0.726. The van der Waals surface area contributed by atoms with Crippen LogP contribution in [0.15, 0.2) is 12.1 Å². The maximum Gasteiger partial charge on any atom is 0.161 e. The standard InChI is InChI=1S/C12H14ClN3/c13-10-5-6-12(15-11(10)9-14)16-7-3-1-2-4-8-16/h5-6H,1-4,7-8H2. The molecule has 2 rings (SSSR count). The van der Waals surface area contributed by atoms with Crippen molar-refractivity contribution in [2.45, 2.75) is 25.7 Å². The highest BCUT2D eigenvalue weighted by molar-refractivity contribution is 6.31. The third kappa shape index (κ3) is 2.45. The number of hydrogen-bond acceptors (Lipinski definition) is 3. The van der Waals surface area contributed by atoms with Gasteiger partial charge in [0, 0.05) is 13.1 Å². The molecule has 4 heteroatoms. The van der Waals surface area contributed by atoms with Gasteiger partial charge in [-0.25, -0.2) is 4.98 Å². The molecule has 0 unspecified atom stereocenters. The lowest BCUT2D eigenvalue weighted by Crippen LogP contribution is -2.25. The van der Waals surface area contributed by atoms with E-state index < -0.39 is 0 Å². The SMILES string of the molecule is N#Cc1nc(N2CCCCCC2)ccc1Cl. The fourth-order valence-corrected chi connectivity index (χ4v) is 2.13. The number of aromatic nitrogens is 1. The van der Waals surface area contributed by atoms with Gasteiger partial charge in [-0.2, -0.15) is 5.26 Å². The highest BCUT2D eigenvalue weighted by atomic mass is 35.5. The predicted molar refractivity (Wildman–Crippen MR) is 64.6 cm³/mol. The molecular formula is C12H14ClN3. The zero-order valence-electron chi connectivity index (χ0n) is 9.12. The minimum absolute atomic E-state index is 0.323. The van der Waals surface area contributed by atoms with Crippen molar-refractivity contribution < 1.29 is 0 Å². The molecule has 0 amide bonds. The Balaban J connectivity index is 2.22. The van der Waals surface area contributed by atoms with Crippen molar-refractivity contribution >= 4 is 17.4 Å². The minimum atomic E-state index is 0.323.